The molecule has 1 aromatic carbocycles. The second kappa shape index (κ2) is 6.02. The lowest BCUT2D eigenvalue weighted by Crippen LogP contribution is -2.24. The summed E-state index contributed by atoms with van der Waals surface area (Å²) in [5.74, 6) is 0.658. The topological polar surface area (TPSA) is 63.4 Å². The van der Waals surface area contributed by atoms with Crippen molar-refractivity contribution in [1.82, 2.24) is 9.46 Å². The molecule has 0 aliphatic carbocycles. The molecule has 2 aromatic rings. The van der Waals surface area contributed by atoms with Gasteiger partial charge in [-0.05, 0) is 18.6 Å². The lowest BCUT2D eigenvalue weighted by atomic mass is 10.2. The standard InChI is InChI=1S/C14H16N2O3S/c1-12-10-14(15-19-12)11-16(2)20(17,18)9-8-13-6-4-3-5-7-13/h3-10H,11H2,1-2H3/b9-8+. The smallest absolute Gasteiger partial charge is 0.236 e. The lowest BCUT2D eigenvalue weighted by Gasteiger charge is -2.12. The van der Waals surface area contributed by atoms with Crippen LogP contribution in [0.25, 0.3) is 6.08 Å². The van der Waals surface area contributed by atoms with Crippen molar-refractivity contribution >= 4 is 16.1 Å². The van der Waals surface area contributed by atoms with Crippen LogP contribution in [0.5, 0.6) is 0 Å². The highest BCUT2D eigenvalue weighted by Gasteiger charge is 2.16. The van der Waals surface area contributed by atoms with Crippen LogP contribution >= 0.6 is 0 Å². The van der Waals surface area contributed by atoms with Gasteiger partial charge in [-0.3, -0.25) is 0 Å². The Morgan fingerprint density at radius 2 is 2.00 bits per heavy atom. The first kappa shape index (κ1) is 14.5. The third kappa shape index (κ3) is 3.79. The van der Waals surface area contributed by atoms with Crippen molar-refractivity contribution in [3.8, 4) is 0 Å². The fraction of sp³-hybridized carbons (Fsp3) is 0.214. The molecule has 1 heterocycles. The zero-order valence-electron chi connectivity index (χ0n) is 11.4. The van der Waals surface area contributed by atoms with E-state index in [0.29, 0.717) is 11.5 Å². The van der Waals surface area contributed by atoms with Gasteiger partial charge in [0.15, 0.2) is 0 Å². The van der Waals surface area contributed by atoms with Gasteiger partial charge >= 0.3 is 0 Å². The van der Waals surface area contributed by atoms with E-state index in [2.05, 4.69) is 5.16 Å². The van der Waals surface area contributed by atoms with Crippen LogP contribution in [0, 0.1) is 6.92 Å². The van der Waals surface area contributed by atoms with Crippen molar-refractivity contribution in [2.75, 3.05) is 7.05 Å². The van der Waals surface area contributed by atoms with Gasteiger partial charge in [-0.15, -0.1) is 0 Å². The predicted molar refractivity (Wildman–Crippen MR) is 77.1 cm³/mol. The zero-order chi connectivity index (χ0) is 14.6. The molecule has 0 aliphatic rings. The highest BCUT2D eigenvalue weighted by molar-refractivity contribution is 7.92. The van der Waals surface area contributed by atoms with E-state index in [1.54, 1.807) is 19.1 Å². The molecule has 0 bridgehead atoms. The summed E-state index contributed by atoms with van der Waals surface area (Å²) >= 11 is 0. The summed E-state index contributed by atoms with van der Waals surface area (Å²) in [5.41, 5.74) is 1.42. The molecule has 20 heavy (non-hydrogen) atoms. The Morgan fingerprint density at radius 3 is 2.60 bits per heavy atom. The fourth-order valence-corrected chi connectivity index (χ4v) is 2.49. The van der Waals surface area contributed by atoms with Gasteiger partial charge in [0.2, 0.25) is 10.0 Å². The quantitative estimate of drug-likeness (QED) is 0.849. The molecule has 106 valence electrons. The number of hydrogen-bond donors (Lipinski definition) is 0. The van der Waals surface area contributed by atoms with E-state index in [-0.39, 0.29) is 6.54 Å². The van der Waals surface area contributed by atoms with Gasteiger partial charge in [0.1, 0.15) is 5.76 Å². The van der Waals surface area contributed by atoms with Crippen LogP contribution in [0.3, 0.4) is 0 Å². The van der Waals surface area contributed by atoms with Crippen molar-refractivity contribution in [3.05, 3.63) is 58.8 Å². The highest BCUT2D eigenvalue weighted by Crippen LogP contribution is 2.11. The Balaban J connectivity index is 2.08. The summed E-state index contributed by atoms with van der Waals surface area (Å²) < 4.78 is 30.3. The van der Waals surface area contributed by atoms with Crippen LogP contribution in [0.2, 0.25) is 0 Å². The first-order valence-corrected chi connectivity index (χ1v) is 7.59. The summed E-state index contributed by atoms with van der Waals surface area (Å²) in [5, 5.41) is 4.97. The van der Waals surface area contributed by atoms with Crippen molar-refractivity contribution in [3.63, 3.8) is 0 Å². The molecule has 0 N–H and O–H groups in total. The second-order valence-corrected chi connectivity index (χ2v) is 6.37. The van der Waals surface area contributed by atoms with E-state index in [4.69, 9.17) is 4.52 Å². The Labute approximate surface area is 118 Å². The van der Waals surface area contributed by atoms with E-state index in [9.17, 15) is 8.42 Å². The van der Waals surface area contributed by atoms with Crippen LogP contribution < -0.4 is 0 Å². The SMILES string of the molecule is Cc1cc(CN(C)S(=O)(=O)/C=C/c2ccccc2)no1. The van der Waals surface area contributed by atoms with Crippen molar-refractivity contribution < 1.29 is 12.9 Å². The maximum absolute atomic E-state index is 12.1. The molecule has 0 saturated heterocycles. The molecular formula is C14H16N2O3S. The lowest BCUT2D eigenvalue weighted by molar-refractivity contribution is 0.379. The Kier molecular flexibility index (Phi) is 4.36. The fourth-order valence-electron chi connectivity index (χ4n) is 1.64. The number of benzene rings is 1. The number of sulfonamides is 1. The average molecular weight is 292 g/mol. The molecule has 0 unspecified atom stereocenters. The number of aromatic nitrogens is 1. The summed E-state index contributed by atoms with van der Waals surface area (Å²) in [6.45, 7) is 1.94. The van der Waals surface area contributed by atoms with Crippen LogP contribution in [-0.4, -0.2) is 24.9 Å². The monoisotopic (exact) mass is 292 g/mol. The number of aryl methyl sites for hydroxylation is 1. The van der Waals surface area contributed by atoms with Crippen molar-refractivity contribution in [2.45, 2.75) is 13.5 Å². The summed E-state index contributed by atoms with van der Waals surface area (Å²) in [6.07, 6.45) is 1.57. The van der Waals surface area contributed by atoms with E-state index in [0.717, 1.165) is 5.56 Å². The van der Waals surface area contributed by atoms with Gasteiger partial charge in [-0.25, -0.2) is 8.42 Å². The highest BCUT2D eigenvalue weighted by atomic mass is 32.2. The first-order chi connectivity index (χ1) is 9.47. The molecule has 0 amide bonds. The van der Waals surface area contributed by atoms with E-state index in [1.165, 1.54) is 16.8 Å². The van der Waals surface area contributed by atoms with Gasteiger partial charge in [-0.2, -0.15) is 4.31 Å². The summed E-state index contributed by atoms with van der Waals surface area (Å²) in [4.78, 5) is 0. The summed E-state index contributed by atoms with van der Waals surface area (Å²) in [6, 6.07) is 11.0. The molecule has 0 spiro atoms. The molecule has 0 saturated carbocycles. The van der Waals surface area contributed by atoms with Gasteiger partial charge in [0, 0.05) is 18.5 Å². The number of rotatable bonds is 5. The van der Waals surface area contributed by atoms with Crippen LogP contribution in [-0.2, 0) is 16.6 Å². The maximum atomic E-state index is 12.1. The molecule has 0 radical (unpaired) electrons. The molecular weight excluding hydrogens is 276 g/mol. The Bertz CT molecular complexity index is 690. The van der Waals surface area contributed by atoms with Crippen molar-refractivity contribution in [1.29, 1.82) is 0 Å². The molecule has 0 fully saturated rings. The second-order valence-electron chi connectivity index (χ2n) is 4.44. The van der Waals surface area contributed by atoms with Gasteiger partial charge < -0.3 is 4.52 Å². The predicted octanol–water partition coefficient (Wildman–Crippen LogP) is 2.42. The molecule has 6 heteroatoms. The van der Waals surface area contributed by atoms with Gasteiger partial charge in [-0.1, -0.05) is 35.5 Å². The zero-order valence-corrected chi connectivity index (χ0v) is 12.2. The Morgan fingerprint density at radius 1 is 1.30 bits per heavy atom. The first-order valence-electron chi connectivity index (χ1n) is 6.09. The Hall–Kier alpha value is -1.92. The van der Waals surface area contributed by atoms with E-state index in [1.807, 2.05) is 30.3 Å². The van der Waals surface area contributed by atoms with E-state index >= 15 is 0 Å². The number of hydrogen-bond acceptors (Lipinski definition) is 4. The molecule has 0 atom stereocenters. The minimum atomic E-state index is -3.48. The maximum Gasteiger partial charge on any atom is 0.236 e. The largest absolute Gasteiger partial charge is 0.361 e. The third-order valence-electron chi connectivity index (χ3n) is 2.73. The average Bonchev–Trinajstić information content (AvgIpc) is 2.83. The normalized spacial score (nSPS) is 12.3. The molecule has 2 rings (SSSR count). The van der Waals surface area contributed by atoms with E-state index < -0.39 is 10.0 Å². The molecule has 0 aliphatic heterocycles. The van der Waals surface area contributed by atoms with Crippen LogP contribution in [0.4, 0.5) is 0 Å². The minimum absolute atomic E-state index is 0.179. The number of nitrogens with zero attached hydrogens (tertiary/aromatic N) is 2. The van der Waals surface area contributed by atoms with Gasteiger partial charge in [0.25, 0.3) is 0 Å². The van der Waals surface area contributed by atoms with Gasteiger partial charge in [0.05, 0.1) is 12.2 Å². The molecule has 1 aromatic heterocycles. The minimum Gasteiger partial charge on any atom is -0.361 e. The third-order valence-corrected chi connectivity index (χ3v) is 4.21. The van der Waals surface area contributed by atoms with Crippen LogP contribution in [0.15, 0.2) is 46.3 Å². The molecule has 5 nitrogen and oxygen atoms in total. The van der Waals surface area contributed by atoms with Crippen LogP contribution in [0.1, 0.15) is 17.0 Å². The summed E-state index contributed by atoms with van der Waals surface area (Å²) in [7, 11) is -1.97. The van der Waals surface area contributed by atoms with Crippen molar-refractivity contribution in [2.24, 2.45) is 0 Å².